The normalized spacial score (nSPS) is 18.1. The lowest BCUT2D eigenvalue weighted by Gasteiger charge is -2.39. The third kappa shape index (κ3) is 4.48. The quantitative estimate of drug-likeness (QED) is 0.677. The molecule has 2 aromatic carbocycles. The predicted molar refractivity (Wildman–Crippen MR) is 122 cm³/mol. The summed E-state index contributed by atoms with van der Waals surface area (Å²) >= 11 is 0. The summed E-state index contributed by atoms with van der Waals surface area (Å²) in [5.74, 6) is 0.850. The van der Waals surface area contributed by atoms with Crippen LogP contribution in [-0.2, 0) is 6.54 Å². The molecule has 5 nitrogen and oxygen atoms in total. The van der Waals surface area contributed by atoms with E-state index in [0.717, 1.165) is 55.1 Å². The van der Waals surface area contributed by atoms with Gasteiger partial charge >= 0.3 is 0 Å². The highest BCUT2D eigenvalue weighted by Gasteiger charge is 2.24. The van der Waals surface area contributed by atoms with Crippen LogP contribution in [0.1, 0.15) is 17.5 Å². The van der Waals surface area contributed by atoms with Crippen LogP contribution in [0.25, 0.3) is 22.2 Å². The lowest BCUT2D eigenvalue weighted by atomic mass is 10.0. The number of aliphatic hydroxyl groups is 1. The van der Waals surface area contributed by atoms with Crippen LogP contribution in [0.5, 0.6) is 5.75 Å². The van der Waals surface area contributed by atoms with E-state index < -0.39 is 0 Å². The second-order valence-electron chi connectivity index (χ2n) is 8.30. The van der Waals surface area contributed by atoms with Gasteiger partial charge in [-0.25, -0.2) is 4.98 Å². The van der Waals surface area contributed by atoms with Gasteiger partial charge in [-0.3, -0.25) is 4.90 Å². The largest absolute Gasteiger partial charge is 0.497 e. The van der Waals surface area contributed by atoms with Crippen molar-refractivity contribution in [2.24, 2.45) is 0 Å². The number of ether oxygens (including phenoxy) is 1. The van der Waals surface area contributed by atoms with Gasteiger partial charge in [-0.2, -0.15) is 0 Å². The fourth-order valence-electron chi connectivity index (χ4n) is 4.30. The van der Waals surface area contributed by atoms with Crippen LogP contribution in [0.15, 0.2) is 48.5 Å². The summed E-state index contributed by atoms with van der Waals surface area (Å²) < 4.78 is 5.33. The van der Waals surface area contributed by atoms with Crippen LogP contribution in [0.4, 0.5) is 0 Å². The number of benzene rings is 2. The first kappa shape index (κ1) is 20.8. The number of hydrogen-bond acceptors (Lipinski definition) is 5. The zero-order valence-corrected chi connectivity index (χ0v) is 18.1. The van der Waals surface area contributed by atoms with E-state index in [1.807, 2.05) is 12.1 Å². The number of likely N-dealkylation sites (N-methyl/N-ethyl adjacent to an activating group) is 1. The Morgan fingerprint density at radius 3 is 2.63 bits per heavy atom. The topological polar surface area (TPSA) is 48.8 Å². The van der Waals surface area contributed by atoms with Gasteiger partial charge in [-0.05, 0) is 67.9 Å². The molecular weight excluding hydrogens is 374 g/mol. The van der Waals surface area contributed by atoms with Gasteiger partial charge in [0.1, 0.15) is 5.75 Å². The molecule has 0 unspecified atom stereocenters. The number of aromatic nitrogens is 1. The van der Waals surface area contributed by atoms with Crippen molar-refractivity contribution in [1.29, 1.82) is 0 Å². The van der Waals surface area contributed by atoms with Gasteiger partial charge in [0.25, 0.3) is 0 Å². The highest BCUT2D eigenvalue weighted by molar-refractivity contribution is 5.84. The van der Waals surface area contributed by atoms with Crippen molar-refractivity contribution in [1.82, 2.24) is 14.8 Å². The standard InChI is InChI=1S/C25H31N3O2/c1-18-4-5-20-15-21(16-28-12-11-27(2)22(17-28)10-13-29)25(26-24(20)14-18)19-6-8-23(30-3)9-7-19/h4-9,14-15,22,29H,10-13,16-17H2,1-3H3/t22-/m0/s1. The first-order chi connectivity index (χ1) is 14.6. The van der Waals surface area contributed by atoms with E-state index in [1.165, 1.54) is 16.5 Å². The van der Waals surface area contributed by atoms with Crippen LogP contribution in [0.2, 0.25) is 0 Å². The van der Waals surface area contributed by atoms with Crippen LogP contribution < -0.4 is 4.74 Å². The molecule has 1 aliphatic heterocycles. The van der Waals surface area contributed by atoms with Crippen molar-refractivity contribution in [3.05, 3.63) is 59.7 Å². The summed E-state index contributed by atoms with van der Waals surface area (Å²) in [5, 5.41) is 10.6. The van der Waals surface area contributed by atoms with E-state index in [9.17, 15) is 5.11 Å². The molecule has 2 heterocycles. The number of hydrogen-bond donors (Lipinski definition) is 1. The minimum atomic E-state index is 0.233. The third-order valence-corrected chi connectivity index (χ3v) is 6.13. The maximum atomic E-state index is 9.42. The summed E-state index contributed by atoms with van der Waals surface area (Å²) in [6.45, 7) is 6.19. The molecule has 1 fully saturated rings. The SMILES string of the molecule is COc1ccc(-c2nc3cc(C)ccc3cc2CN2CCN(C)[C@@H](CCO)C2)cc1. The molecule has 1 saturated heterocycles. The molecule has 1 aromatic heterocycles. The molecule has 1 atom stereocenters. The van der Waals surface area contributed by atoms with E-state index in [-0.39, 0.29) is 6.61 Å². The highest BCUT2D eigenvalue weighted by atomic mass is 16.5. The van der Waals surface area contributed by atoms with Gasteiger partial charge in [0, 0.05) is 49.8 Å². The minimum Gasteiger partial charge on any atom is -0.497 e. The van der Waals surface area contributed by atoms with Crippen LogP contribution >= 0.6 is 0 Å². The Balaban J connectivity index is 1.70. The third-order valence-electron chi connectivity index (χ3n) is 6.13. The Bertz CT molecular complexity index is 1000. The van der Waals surface area contributed by atoms with Gasteiger partial charge in [-0.1, -0.05) is 12.1 Å². The molecule has 5 heteroatoms. The minimum absolute atomic E-state index is 0.233. The molecule has 0 spiro atoms. The number of nitrogens with zero attached hydrogens (tertiary/aromatic N) is 3. The number of methoxy groups -OCH3 is 1. The number of piperazine rings is 1. The van der Waals surface area contributed by atoms with Gasteiger partial charge < -0.3 is 14.7 Å². The predicted octanol–water partition coefficient (Wildman–Crippen LogP) is 3.72. The zero-order chi connectivity index (χ0) is 21.1. The van der Waals surface area contributed by atoms with Crippen LogP contribution in [0.3, 0.4) is 0 Å². The summed E-state index contributed by atoms with van der Waals surface area (Å²) in [5.41, 5.74) is 5.63. The Kier molecular flexibility index (Phi) is 6.32. The van der Waals surface area contributed by atoms with Crippen molar-refractivity contribution in [3.63, 3.8) is 0 Å². The first-order valence-corrected chi connectivity index (χ1v) is 10.7. The van der Waals surface area contributed by atoms with E-state index >= 15 is 0 Å². The van der Waals surface area contributed by atoms with Crippen molar-refractivity contribution >= 4 is 10.9 Å². The number of aryl methyl sites for hydroxylation is 1. The van der Waals surface area contributed by atoms with E-state index in [4.69, 9.17) is 9.72 Å². The van der Waals surface area contributed by atoms with Crippen molar-refractivity contribution in [2.45, 2.75) is 25.9 Å². The fraction of sp³-hybridized carbons (Fsp3) is 0.400. The summed E-state index contributed by atoms with van der Waals surface area (Å²) in [6.07, 6.45) is 0.813. The lowest BCUT2D eigenvalue weighted by molar-refractivity contribution is 0.0744. The van der Waals surface area contributed by atoms with Crippen LogP contribution in [-0.4, -0.2) is 66.3 Å². The molecule has 0 bridgehead atoms. The molecule has 1 aliphatic rings. The average Bonchev–Trinajstić information content (AvgIpc) is 2.76. The fourth-order valence-corrected chi connectivity index (χ4v) is 4.30. The summed E-state index contributed by atoms with van der Waals surface area (Å²) in [4.78, 5) is 9.93. The van der Waals surface area contributed by atoms with Crippen molar-refractivity contribution < 1.29 is 9.84 Å². The molecule has 158 valence electrons. The summed E-state index contributed by atoms with van der Waals surface area (Å²) in [7, 11) is 3.84. The van der Waals surface area contributed by atoms with Gasteiger partial charge in [0.05, 0.1) is 18.3 Å². The zero-order valence-electron chi connectivity index (χ0n) is 18.1. The van der Waals surface area contributed by atoms with Gasteiger partial charge in [0.15, 0.2) is 0 Å². The Labute approximate surface area is 178 Å². The number of aliphatic hydroxyl groups excluding tert-OH is 1. The van der Waals surface area contributed by atoms with Gasteiger partial charge in [-0.15, -0.1) is 0 Å². The van der Waals surface area contributed by atoms with E-state index in [1.54, 1.807) is 7.11 Å². The summed E-state index contributed by atoms with van der Waals surface area (Å²) in [6, 6.07) is 17.3. The molecule has 4 rings (SSSR count). The number of rotatable bonds is 6. The smallest absolute Gasteiger partial charge is 0.118 e. The van der Waals surface area contributed by atoms with Crippen LogP contribution in [0, 0.1) is 6.92 Å². The molecule has 0 aliphatic carbocycles. The number of pyridine rings is 1. The maximum absolute atomic E-state index is 9.42. The highest BCUT2D eigenvalue weighted by Crippen LogP contribution is 2.29. The van der Waals surface area contributed by atoms with Crippen molar-refractivity contribution in [3.8, 4) is 17.0 Å². The van der Waals surface area contributed by atoms with Gasteiger partial charge in [0.2, 0.25) is 0 Å². The Hall–Kier alpha value is -2.47. The van der Waals surface area contributed by atoms with E-state index in [2.05, 4.69) is 60.2 Å². The maximum Gasteiger partial charge on any atom is 0.118 e. The molecule has 0 radical (unpaired) electrons. The first-order valence-electron chi connectivity index (χ1n) is 10.7. The second-order valence-corrected chi connectivity index (χ2v) is 8.30. The lowest BCUT2D eigenvalue weighted by Crippen LogP contribution is -2.51. The van der Waals surface area contributed by atoms with Crippen molar-refractivity contribution in [2.75, 3.05) is 40.4 Å². The Morgan fingerprint density at radius 2 is 1.90 bits per heavy atom. The second kappa shape index (κ2) is 9.13. The molecule has 3 aromatic rings. The molecule has 1 N–H and O–H groups in total. The van der Waals surface area contributed by atoms with E-state index in [0.29, 0.717) is 6.04 Å². The Morgan fingerprint density at radius 1 is 1.10 bits per heavy atom. The number of fused-ring (bicyclic) bond motifs is 1. The molecular formula is C25H31N3O2. The molecule has 30 heavy (non-hydrogen) atoms. The average molecular weight is 406 g/mol. The molecule has 0 amide bonds. The monoisotopic (exact) mass is 405 g/mol. The molecule has 0 saturated carbocycles.